The quantitative estimate of drug-likeness (QED) is 0.859. The maximum absolute atomic E-state index is 12.5. The summed E-state index contributed by atoms with van der Waals surface area (Å²) < 4.78 is 5.27. The smallest absolute Gasteiger partial charge is 0.258 e. The predicted molar refractivity (Wildman–Crippen MR) is 71.6 cm³/mol. The number of nitrogens with zero attached hydrogens (tertiary/aromatic N) is 1. The van der Waals surface area contributed by atoms with E-state index in [-0.39, 0.29) is 11.9 Å². The van der Waals surface area contributed by atoms with Crippen LogP contribution in [0.5, 0.6) is 0 Å². The van der Waals surface area contributed by atoms with Gasteiger partial charge in [-0.1, -0.05) is 18.2 Å². The summed E-state index contributed by atoms with van der Waals surface area (Å²) >= 11 is 0. The zero-order chi connectivity index (χ0) is 13.3. The Labute approximate surface area is 108 Å². The molecule has 98 valence electrons. The molecule has 0 aliphatic carbocycles. The molecule has 4 heteroatoms. The lowest BCUT2D eigenvalue weighted by Crippen LogP contribution is -2.53. The number of carbonyl (C=O) groups is 1. The summed E-state index contributed by atoms with van der Waals surface area (Å²) in [6.07, 6.45) is 0.813. The van der Waals surface area contributed by atoms with Crippen LogP contribution in [0.2, 0.25) is 0 Å². The number of para-hydroxylation sites is 1. The molecule has 1 aromatic rings. The lowest BCUT2D eigenvalue weighted by molar-refractivity contribution is -0.136. The number of benzene rings is 1. The lowest BCUT2D eigenvalue weighted by atomic mass is 9.96. The van der Waals surface area contributed by atoms with E-state index < -0.39 is 5.60 Å². The van der Waals surface area contributed by atoms with E-state index in [1.54, 1.807) is 25.9 Å². The third-order valence-electron chi connectivity index (χ3n) is 3.45. The predicted octanol–water partition coefficient (Wildman–Crippen LogP) is 1.33. The van der Waals surface area contributed by atoms with Crippen molar-refractivity contribution in [2.24, 2.45) is 5.73 Å². The van der Waals surface area contributed by atoms with Gasteiger partial charge in [0.25, 0.3) is 5.91 Å². The Morgan fingerprint density at radius 3 is 2.78 bits per heavy atom. The van der Waals surface area contributed by atoms with Gasteiger partial charge < -0.3 is 15.4 Å². The van der Waals surface area contributed by atoms with Crippen molar-refractivity contribution in [2.75, 3.05) is 18.6 Å². The molecule has 4 nitrogen and oxygen atoms in total. The summed E-state index contributed by atoms with van der Waals surface area (Å²) in [5.41, 5.74) is 7.27. The van der Waals surface area contributed by atoms with Gasteiger partial charge in [0, 0.05) is 25.4 Å². The molecule has 2 rings (SSSR count). The summed E-state index contributed by atoms with van der Waals surface area (Å²) in [4.78, 5) is 14.2. The number of rotatable bonds is 2. The van der Waals surface area contributed by atoms with Gasteiger partial charge in [0.05, 0.1) is 0 Å². The molecule has 0 radical (unpaired) electrons. The Morgan fingerprint density at radius 2 is 2.11 bits per heavy atom. The number of amides is 1. The van der Waals surface area contributed by atoms with Gasteiger partial charge in [0.15, 0.2) is 0 Å². The number of carbonyl (C=O) groups excluding carboxylic acids is 1. The van der Waals surface area contributed by atoms with Gasteiger partial charge >= 0.3 is 0 Å². The second kappa shape index (κ2) is 4.71. The summed E-state index contributed by atoms with van der Waals surface area (Å²) in [6, 6.07) is 7.88. The molecule has 1 heterocycles. The number of hydrogen-bond donors (Lipinski definition) is 1. The van der Waals surface area contributed by atoms with Crippen molar-refractivity contribution in [3.05, 3.63) is 29.8 Å². The minimum absolute atomic E-state index is 0.0171. The van der Waals surface area contributed by atoms with Crippen LogP contribution >= 0.6 is 0 Å². The average Bonchev–Trinajstić information content (AvgIpc) is 2.36. The highest BCUT2D eigenvalue weighted by Gasteiger charge is 2.36. The van der Waals surface area contributed by atoms with E-state index in [9.17, 15) is 4.79 Å². The molecule has 0 fully saturated rings. The zero-order valence-corrected chi connectivity index (χ0v) is 11.1. The van der Waals surface area contributed by atoms with Crippen LogP contribution in [-0.2, 0) is 16.0 Å². The molecule has 0 bridgehead atoms. The Balaban J connectivity index is 2.37. The van der Waals surface area contributed by atoms with E-state index in [2.05, 4.69) is 0 Å². The first-order valence-electron chi connectivity index (χ1n) is 6.16. The summed E-state index contributed by atoms with van der Waals surface area (Å²) in [5, 5.41) is 0. The van der Waals surface area contributed by atoms with Crippen LogP contribution < -0.4 is 10.6 Å². The maximum atomic E-state index is 12.5. The summed E-state index contributed by atoms with van der Waals surface area (Å²) in [7, 11) is 1.55. The van der Waals surface area contributed by atoms with Crippen molar-refractivity contribution in [2.45, 2.75) is 31.9 Å². The molecule has 1 amide bonds. The zero-order valence-electron chi connectivity index (χ0n) is 11.1. The van der Waals surface area contributed by atoms with Crippen molar-refractivity contribution in [3.63, 3.8) is 0 Å². The number of anilines is 1. The van der Waals surface area contributed by atoms with Crippen molar-refractivity contribution in [1.29, 1.82) is 0 Å². The average molecular weight is 248 g/mol. The first-order valence-corrected chi connectivity index (χ1v) is 6.16. The van der Waals surface area contributed by atoms with Crippen LogP contribution in [0.4, 0.5) is 5.69 Å². The van der Waals surface area contributed by atoms with E-state index in [0.29, 0.717) is 6.54 Å². The molecule has 1 unspecified atom stereocenters. The lowest BCUT2D eigenvalue weighted by Gasteiger charge is -2.37. The van der Waals surface area contributed by atoms with Crippen LogP contribution in [-0.4, -0.2) is 31.2 Å². The number of hydrogen-bond acceptors (Lipinski definition) is 3. The Hall–Kier alpha value is -1.39. The number of ether oxygens (including phenoxy) is 1. The Bertz CT molecular complexity index is 457. The minimum Gasteiger partial charge on any atom is -0.369 e. The van der Waals surface area contributed by atoms with Crippen molar-refractivity contribution < 1.29 is 9.53 Å². The largest absolute Gasteiger partial charge is 0.369 e. The molecular formula is C14H20N2O2. The molecule has 1 aromatic carbocycles. The van der Waals surface area contributed by atoms with Crippen LogP contribution in [0.3, 0.4) is 0 Å². The Kier molecular flexibility index (Phi) is 3.41. The highest BCUT2D eigenvalue weighted by atomic mass is 16.5. The van der Waals surface area contributed by atoms with Gasteiger partial charge in [0.1, 0.15) is 5.60 Å². The topological polar surface area (TPSA) is 55.6 Å². The van der Waals surface area contributed by atoms with E-state index in [1.807, 2.05) is 24.3 Å². The number of methoxy groups -OCH3 is 1. The molecule has 1 atom stereocenters. The van der Waals surface area contributed by atoms with Gasteiger partial charge in [-0.3, -0.25) is 4.79 Å². The van der Waals surface area contributed by atoms with Crippen molar-refractivity contribution in [1.82, 2.24) is 0 Å². The van der Waals surface area contributed by atoms with Crippen LogP contribution in [0.1, 0.15) is 19.4 Å². The fourth-order valence-corrected chi connectivity index (χ4v) is 2.23. The van der Waals surface area contributed by atoms with Gasteiger partial charge in [-0.15, -0.1) is 0 Å². The fraction of sp³-hybridized carbons (Fsp3) is 0.500. The standard InChI is InChI=1S/C14H20N2O2/c1-14(2,18-3)13(17)16-9-11(15)8-10-6-4-5-7-12(10)16/h4-7,11H,8-9,15H2,1-3H3. The maximum Gasteiger partial charge on any atom is 0.258 e. The second-order valence-corrected chi connectivity index (χ2v) is 5.22. The normalized spacial score (nSPS) is 19.6. The van der Waals surface area contributed by atoms with Gasteiger partial charge in [0.2, 0.25) is 0 Å². The molecule has 1 aliphatic heterocycles. The van der Waals surface area contributed by atoms with Crippen LogP contribution in [0.15, 0.2) is 24.3 Å². The van der Waals surface area contributed by atoms with Crippen LogP contribution in [0, 0.1) is 0 Å². The Morgan fingerprint density at radius 1 is 1.44 bits per heavy atom. The van der Waals surface area contributed by atoms with Crippen molar-refractivity contribution >= 4 is 11.6 Å². The SMILES string of the molecule is COC(C)(C)C(=O)N1CC(N)Cc2ccccc21. The highest BCUT2D eigenvalue weighted by molar-refractivity contribution is 6.00. The van der Waals surface area contributed by atoms with E-state index >= 15 is 0 Å². The minimum atomic E-state index is -0.829. The molecule has 18 heavy (non-hydrogen) atoms. The highest BCUT2D eigenvalue weighted by Crippen LogP contribution is 2.28. The van der Waals surface area contributed by atoms with Gasteiger partial charge in [-0.25, -0.2) is 0 Å². The first kappa shape index (κ1) is 13.1. The number of fused-ring (bicyclic) bond motifs is 1. The van der Waals surface area contributed by atoms with E-state index in [0.717, 1.165) is 17.7 Å². The monoisotopic (exact) mass is 248 g/mol. The molecule has 0 aromatic heterocycles. The molecule has 0 spiro atoms. The molecule has 0 saturated carbocycles. The third kappa shape index (κ3) is 2.26. The second-order valence-electron chi connectivity index (χ2n) is 5.22. The van der Waals surface area contributed by atoms with Crippen molar-refractivity contribution in [3.8, 4) is 0 Å². The summed E-state index contributed by atoms with van der Waals surface area (Å²) in [6.45, 7) is 4.10. The molecular weight excluding hydrogens is 228 g/mol. The summed E-state index contributed by atoms with van der Waals surface area (Å²) in [5.74, 6) is -0.0485. The third-order valence-corrected chi connectivity index (χ3v) is 3.45. The van der Waals surface area contributed by atoms with E-state index in [1.165, 1.54) is 0 Å². The van der Waals surface area contributed by atoms with Gasteiger partial charge in [-0.2, -0.15) is 0 Å². The fourth-order valence-electron chi connectivity index (χ4n) is 2.23. The molecule has 1 aliphatic rings. The van der Waals surface area contributed by atoms with Crippen LogP contribution in [0.25, 0.3) is 0 Å². The number of nitrogens with two attached hydrogens (primary N) is 1. The van der Waals surface area contributed by atoms with Gasteiger partial charge in [-0.05, 0) is 31.9 Å². The van der Waals surface area contributed by atoms with E-state index in [4.69, 9.17) is 10.5 Å². The first-order chi connectivity index (χ1) is 8.45. The molecule has 0 saturated heterocycles. The molecule has 2 N–H and O–H groups in total.